The average Bonchev–Trinajstić information content (AvgIpc) is 3.11. The quantitative estimate of drug-likeness (QED) is 0.841. The molecule has 0 saturated heterocycles. The van der Waals surface area contributed by atoms with Gasteiger partial charge in [0.1, 0.15) is 0 Å². The molecule has 21 heavy (non-hydrogen) atoms. The maximum absolute atomic E-state index is 6.81. The fraction of sp³-hybridized carbons (Fsp3) is 0.700. The van der Waals surface area contributed by atoms with Crippen LogP contribution in [0, 0.1) is 17.8 Å². The molecule has 0 amide bonds. The molecule has 0 aromatic heterocycles. The van der Waals surface area contributed by atoms with Crippen molar-refractivity contribution in [3.63, 3.8) is 0 Å². The lowest BCUT2D eigenvalue weighted by Gasteiger charge is -2.40. The van der Waals surface area contributed by atoms with Gasteiger partial charge >= 0.3 is 0 Å². The van der Waals surface area contributed by atoms with Gasteiger partial charge in [0, 0.05) is 5.54 Å². The first-order valence-electron chi connectivity index (χ1n) is 9.06. The van der Waals surface area contributed by atoms with E-state index < -0.39 is 0 Å². The summed E-state index contributed by atoms with van der Waals surface area (Å²) in [6.45, 7) is 0. The van der Waals surface area contributed by atoms with Crippen molar-refractivity contribution in [1.82, 2.24) is 0 Å². The van der Waals surface area contributed by atoms with Crippen LogP contribution < -0.4 is 5.73 Å². The predicted molar refractivity (Wildman–Crippen MR) is 88.1 cm³/mol. The van der Waals surface area contributed by atoms with Crippen molar-refractivity contribution in [2.45, 2.75) is 69.2 Å². The van der Waals surface area contributed by atoms with Crippen molar-refractivity contribution >= 4 is 0 Å². The van der Waals surface area contributed by atoms with E-state index in [1.54, 1.807) is 0 Å². The zero-order chi connectivity index (χ0) is 14.3. The molecule has 0 spiro atoms. The van der Waals surface area contributed by atoms with Gasteiger partial charge in [-0.1, -0.05) is 36.8 Å². The second-order valence-electron chi connectivity index (χ2n) is 8.19. The fourth-order valence-corrected chi connectivity index (χ4v) is 5.60. The second-order valence-corrected chi connectivity index (χ2v) is 8.19. The summed E-state index contributed by atoms with van der Waals surface area (Å²) >= 11 is 0. The average molecular weight is 283 g/mol. The molecule has 3 aliphatic carbocycles. The number of benzene rings is 1. The predicted octanol–water partition coefficient (Wildman–Crippen LogP) is 4.87. The van der Waals surface area contributed by atoms with Crippen molar-refractivity contribution in [2.75, 3.05) is 0 Å². The van der Waals surface area contributed by atoms with E-state index >= 15 is 0 Å². The van der Waals surface area contributed by atoms with Gasteiger partial charge in [-0.2, -0.15) is 0 Å². The van der Waals surface area contributed by atoms with Crippen molar-refractivity contribution in [2.24, 2.45) is 23.5 Å². The van der Waals surface area contributed by atoms with Gasteiger partial charge < -0.3 is 5.73 Å². The normalized spacial score (nSPS) is 42.3. The molecule has 3 aliphatic rings. The summed E-state index contributed by atoms with van der Waals surface area (Å²) in [4.78, 5) is 0. The first kappa shape index (κ1) is 13.8. The maximum atomic E-state index is 6.81. The monoisotopic (exact) mass is 283 g/mol. The Morgan fingerprint density at radius 1 is 0.952 bits per heavy atom. The molecule has 4 rings (SSSR count). The minimum absolute atomic E-state index is 0.153. The molecule has 3 saturated carbocycles. The number of rotatable bonds is 3. The van der Waals surface area contributed by atoms with E-state index in [2.05, 4.69) is 30.3 Å². The molecule has 1 aromatic rings. The van der Waals surface area contributed by atoms with Gasteiger partial charge in [-0.3, -0.25) is 0 Å². The van der Waals surface area contributed by atoms with E-state index in [9.17, 15) is 0 Å². The van der Waals surface area contributed by atoms with Crippen LogP contribution in [-0.4, -0.2) is 5.54 Å². The first-order chi connectivity index (χ1) is 10.2. The van der Waals surface area contributed by atoms with Crippen LogP contribution in [0.5, 0.6) is 0 Å². The van der Waals surface area contributed by atoms with Crippen LogP contribution in [0.15, 0.2) is 30.3 Å². The van der Waals surface area contributed by atoms with Crippen molar-refractivity contribution in [3.05, 3.63) is 35.9 Å². The number of fused-ring (bicyclic) bond motifs is 2. The SMILES string of the molecule is NC1(CC2CC3CCC2C3)CCC(c2ccccc2)CC1. The van der Waals surface area contributed by atoms with E-state index in [1.807, 2.05) is 0 Å². The highest BCUT2D eigenvalue weighted by atomic mass is 14.8. The largest absolute Gasteiger partial charge is 0.325 e. The van der Waals surface area contributed by atoms with Crippen LogP contribution in [0.2, 0.25) is 0 Å². The molecule has 2 bridgehead atoms. The minimum Gasteiger partial charge on any atom is -0.325 e. The molecule has 114 valence electrons. The van der Waals surface area contributed by atoms with E-state index in [0.29, 0.717) is 0 Å². The lowest BCUT2D eigenvalue weighted by molar-refractivity contribution is 0.187. The van der Waals surface area contributed by atoms with Crippen LogP contribution in [0.4, 0.5) is 0 Å². The highest BCUT2D eigenvalue weighted by Crippen LogP contribution is 2.52. The first-order valence-corrected chi connectivity index (χ1v) is 9.06. The van der Waals surface area contributed by atoms with Crippen molar-refractivity contribution in [3.8, 4) is 0 Å². The van der Waals surface area contributed by atoms with E-state index in [4.69, 9.17) is 5.73 Å². The van der Waals surface area contributed by atoms with Crippen LogP contribution in [0.25, 0.3) is 0 Å². The van der Waals surface area contributed by atoms with Gasteiger partial charge in [0.2, 0.25) is 0 Å². The van der Waals surface area contributed by atoms with Crippen molar-refractivity contribution in [1.29, 1.82) is 0 Å². The molecule has 3 atom stereocenters. The smallest absolute Gasteiger partial charge is 0.0157 e. The van der Waals surface area contributed by atoms with E-state index in [0.717, 1.165) is 23.7 Å². The van der Waals surface area contributed by atoms with Gasteiger partial charge in [0.15, 0.2) is 0 Å². The lowest BCUT2D eigenvalue weighted by Crippen LogP contribution is -2.45. The topological polar surface area (TPSA) is 26.0 Å². The van der Waals surface area contributed by atoms with Gasteiger partial charge in [-0.05, 0) is 80.6 Å². The Balaban J connectivity index is 1.35. The summed E-state index contributed by atoms with van der Waals surface area (Å²) in [6.07, 6.45) is 12.4. The molecule has 1 heteroatoms. The number of hydrogen-bond donors (Lipinski definition) is 1. The fourth-order valence-electron chi connectivity index (χ4n) is 5.60. The summed E-state index contributed by atoms with van der Waals surface area (Å²) in [5, 5.41) is 0. The van der Waals surface area contributed by atoms with Gasteiger partial charge in [-0.15, -0.1) is 0 Å². The van der Waals surface area contributed by atoms with Crippen molar-refractivity contribution < 1.29 is 0 Å². The molecule has 0 heterocycles. The molecule has 1 nitrogen and oxygen atoms in total. The molecule has 0 radical (unpaired) electrons. The maximum Gasteiger partial charge on any atom is 0.0157 e. The Kier molecular flexibility index (Phi) is 3.57. The molecule has 0 aliphatic heterocycles. The Hall–Kier alpha value is -0.820. The zero-order valence-electron chi connectivity index (χ0n) is 13.1. The van der Waals surface area contributed by atoms with Crippen LogP contribution in [0.1, 0.15) is 69.3 Å². The molecular weight excluding hydrogens is 254 g/mol. The van der Waals surface area contributed by atoms with Gasteiger partial charge in [0.25, 0.3) is 0 Å². The third-order valence-electron chi connectivity index (χ3n) is 6.81. The summed E-state index contributed by atoms with van der Waals surface area (Å²) in [5.74, 6) is 3.80. The minimum atomic E-state index is 0.153. The summed E-state index contributed by atoms with van der Waals surface area (Å²) < 4.78 is 0. The van der Waals surface area contributed by atoms with E-state index in [1.165, 1.54) is 63.4 Å². The zero-order valence-corrected chi connectivity index (χ0v) is 13.1. The third-order valence-corrected chi connectivity index (χ3v) is 6.81. The Morgan fingerprint density at radius 3 is 2.33 bits per heavy atom. The second kappa shape index (κ2) is 5.43. The Labute approximate surface area is 129 Å². The number of nitrogens with two attached hydrogens (primary N) is 1. The molecule has 3 fully saturated rings. The van der Waals surface area contributed by atoms with Gasteiger partial charge in [0.05, 0.1) is 0 Å². The standard InChI is InChI=1S/C20H29N/c21-20(14-19-13-15-6-7-18(19)12-15)10-8-17(9-11-20)16-4-2-1-3-5-16/h1-5,15,17-19H,6-14,21H2. The van der Waals surface area contributed by atoms with Gasteiger partial charge in [-0.25, -0.2) is 0 Å². The van der Waals surface area contributed by atoms with Crippen LogP contribution in [0.3, 0.4) is 0 Å². The number of hydrogen-bond acceptors (Lipinski definition) is 1. The third kappa shape index (κ3) is 2.77. The molecule has 1 aromatic carbocycles. The Bertz CT molecular complexity index is 472. The highest BCUT2D eigenvalue weighted by molar-refractivity contribution is 5.20. The Morgan fingerprint density at radius 2 is 1.71 bits per heavy atom. The summed E-state index contributed by atoms with van der Waals surface area (Å²) in [7, 11) is 0. The van der Waals surface area contributed by atoms with E-state index in [-0.39, 0.29) is 5.54 Å². The summed E-state index contributed by atoms with van der Waals surface area (Å²) in [5.41, 5.74) is 8.49. The highest BCUT2D eigenvalue weighted by Gasteiger charge is 2.43. The molecular formula is C20H29N. The van der Waals surface area contributed by atoms with Crippen LogP contribution >= 0.6 is 0 Å². The lowest BCUT2D eigenvalue weighted by atomic mass is 9.69. The van der Waals surface area contributed by atoms with Crippen LogP contribution in [-0.2, 0) is 0 Å². The molecule has 3 unspecified atom stereocenters. The molecule has 2 N–H and O–H groups in total. The summed E-state index contributed by atoms with van der Waals surface area (Å²) in [6, 6.07) is 11.1.